The van der Waals surface area contributed by atoms with Crippen molar-refractivity contribution in [3.63, 3.8) is 0 Å². The van der Waals surface area contributed by atoms with E-state index < -0.39 is 61.5 Å². The molecule has 0 bridgehead atoms. The number of aliphatic carboxylic acids is 2. The Labute approximate surface area is 174 Å². The molecule has 0 heterocycles. The Balaban J connectivity index is -0.00000192. The lowest BCUT2D eigenvalue weighted by Crippen LogP contribution is -2.74. The highest BCUT2D eigenvalue weighted by atomic mass is 35.5. The number of rotatable bonds is 10. The van der Waals surface area contributed by atoms with Gasteiger partial charge in [-0.1, -0.05) is 0 Å². The number of aliphatic hydroxyl groups excluding tert-OH is 4. The van der Waals surface area contributed by atoms with Crippen molar-refractivity contribution in [3.8, 4) is 0 Å². The Bertz CT molecular complexity index is 406. The molecule has 27 heavy (non-hydrogen) atoms. The van der Waals surface area contributed by atoms with Crippen molar-refractivity contribution in [2.45, 2.75) is 42.9 Å². The zero-order chi connectivity index (χ0) is 18.3. The second-order valence-electron chi connectivity index (χ2n) is 5.63. The Morgan fingerprint density at radius 3 is 1.33 bits per heavy atom. The largest absolute Gasteiger partial charge is 0.480 e. The summed E-state index contributed by atoms with van der Waals surface area (Å²) in [7, 11) is 0. The highest BCUT2D eigenvalue weighted by Gasteiger charge is 2.49. The van der Waals surface area contributed by atoms with Crippen molar-refractivity contribution in [1.29, 1.82) is 0 Å². The van der Waals surface area contributed by atoms with Crippen molar-refractivity contribution >= 4 is 49.2 Å². The molecule has 0 aromatic heterocycles. The van der Waals surface area contributed by atoms with E-state index in [9.17, 15) is 24.9 Å². The summed E-state index contributed by atoms with van der Waals surface area (Å²) >= 11 is 0. The Morgan fingerprint density at radius 1 is 0.704 bits per heavy atom. The van der Waals surface area contributed by atoms with Crippen LogP contribution in [0.15, 0.2) is 0 Å². The summed E-state index contributed by atoms with van der Waals surface area (Å²) in [5, 5.41) is 65.0. The summed E-state index contributed by atoms with van der Waals surface area (Å²) in [5.41, 5.74) is 0. The maximum Gasteiger partial charge on any atom is 0.317 e. The lowest BCUT2D eigenvalue weighted by Gasteiger charge is -2.46. The molecule has 1 aliphatic rings. The third-order valence-corrected chi connectivity index (χ3v) is 3.90. The lowest BCUT2D eigenvalue weighted by atomic mass is 9.79. The molecule has 0 amide bonds. The quantitative estimate of drug-likeness (QED) is 0.149. The van der Waals surface area contributed by atoms with Crippen LogP contribution in [0.5, 0.6) is 0 Å². The van der Waals surface area contributed by atoms with Crippen molar-refractivity contribution in [3.05, 3.63) is 0 Å². The van der Waals surface area contributed by atoms with E-state index in [-0.39, 0.29) is 50.4 Å². The van der Waals surface area contributed by atoms with Gasteiger partial charge in [0.2, 0.25) is 0 Å². The number of carboxylic acids is 2. The molecule has 0 unspecified atom stereocenters. The van der Waals surface area contributed by atoms with Crippen molar-refractivity contribution < 1.29 is 40.2 Å². The molecular formula is C13H28Cl3N3O8. The molecule has 164 valence electrons. The highest BCUT2D eigenvalue weighted by molar-refractivity contribution is 5.86. The van der Waals surface area contributed by atoms with Gasteiger partial charge < -0.3 is 36.0 Å². The molecule has 0 aliphatic heterocycles. The van der Waals surface area contributed by atoms with E-state index in [0.717, 1.165) is 0 Å². The minimum Gasteiger partial charge on any atom is -0.480 e. The van der Waals surface area contributed by atoms with Crippen LogP contribution in [0.4, 0.5) is 0 Å². The second kappa shape index (κ2) is 15.5. The summed E-state index contributed by atoms with van der Waals surface area (Å²) in [6.07, 6.45) is -3.70. The molecule has 0 radical (unpaired) electrons. The number of nitrogens with one attached hydrogen (secondary N) is 3. The molecular weight excluding hydrogens is 433 g/mol. The third kappa shape index (κ3) is 9.52. The van der Waals surface area contributed by atoms with Crippen LogP contribution < -0.4 is 16.0 Å². The van der Waals surface area contributed by atoms with E-state index in [2.05, 4.69) is 16.0 Å². The molecule has 0 aromatic carbocycles. The van der Waals surface area contributed by atoms with E-state index in [4.69, 9.17) is 15.3 Å². The maximum absolute atomic E-state index is 10.7. The Hall–Kier alpha value is -0.470. The van der Waals surface area contributed by atoms with E-state index >= 15 is 0 Å². The van der Waals surface area contributed by atoms with Gasteiger partial charge in [0.25, 0.3) is 0 Å². The van der Waals surface area contributed by atoms with Gasteiger partial charge in [0.1, 0.15) is 0 Å². The van der Waals surface area contributed by atoms with E-state index in [1.165, 1.54) is 0 Å². The molecule has 0 aromatic rings. The van der Waals surface area contributed by atoms with Crippen LogP contribution in [0.25, 0.3) is 0 Å². The number of halogens is 3. The predicted octanol–water partition coefficient (Wildman–Crippen LogP) is -3.23. The van der Waals surface area contributed by atoms with Gasteiger partial charge in [0.15, 0.2) is 0 Å². The second-order valence-corrected chi connectivity index (χ2v) is 5.63. The van der Waals surface area contributed by atoms with E-state index in [1.807, 2.05) is 0 Å². The fourth-order valence-corrected chi connectivity index (χ4v) is 2.76. The summed E-state index contributed by atoms with van der Waals surface area (Å²) < 4.78 is 0. The first kappa shape index (κ1) is 31.2. The third-order valence-electron chi connectivity index (χ3n) is 3.90. The van der Waals surface area contributed by atoms with Crippen molar-refractivity contribution in [1.82, 2.24) is 16.0 Å². The number of carbonyl (C=O) groups is 2. The SMILES string of the molecule is Cl.Cl.Cl.O=C(O)CN[C@H]1[C@@H](O)[C@H](NCC(=O)O)[C@@H](O)[C@@H](NCCCO)[C@H]1O. The van der Waals surface area contributed by atoms with Gasteiger partial charge in [-0.3, -0.25) is 20.2 Å². The summed E-state index contributed by atoms with van der Waals surface area (Å²) in [6, 6.07) is -3.14. The highest BCUT2D eigenvalue weighted by Crippen LogP contribution is 2.22. The average molecular weight is 461 g/mol. The van der Waals surface area contributed by atoms with Crippen LogP contribution in [0.1, 0.15) is 6.42 Å². The first-order valence-corrected chi connectivity index (χ1v) is 7.58. The molecule has 9 N–H and O–H groups in total. The van der Waals surface area contributed by atoms with E-state index in [0.29, 0.717) is 6.42 Å². The smallest absolute Gasteiger partial charge is 0.317 e. The summed E-state index contributed by atoms with van der Waals surface area (Å²) in [6.45, 7) is -0.883. The fourth-order valence-electron chi connectivity index (χ4n) is 2.76. The van der Waals surface area contributed by atoms with Gasteiger partial charge >= 0.3 is 11.9 Å². The minimum absolute atomic E-state index is 0. The van der Waals surface area contributed by atoms with Crippen molar-refractivity contribution in [2.75, 3.05) is 26.2 Å². The zero-order valence-corrected chi connectivity index (χ0v) is 16.7. The molecule has 1 aliphatic carbocycles. The molecule has 11 nitrogen and oxygen atoms in total. The van der Waals surface area contributed by atoms with Gasteiger partial charge in [-0.25, -0.2) is 0 Å². The molecule has 0 saturated heterocycles. The molecule has 0 spiro atoms. The first-order chi connectivity index (χ1) is 11.3. The molecule has 1 saturated carbocycles. The minimum atomic E-state index is -1.41. The van der Waals surface area contributed by atoms with Gasteiger partial charge in [-0.05, 0) is 13.0 Å². The Morgan fingerprint density at radius 2 is 1.04 bits per heavy atom. The zero-order valence-electron chi connectivity index (χ0n) is 14.2. The number of carboxylic acid groups (broad SMARTS) is 2. The molecule has 6 atom stereocenters. The molecule has 1 rings (SSSR count). The van der Waals surface area contributed by atoms with Gasteiger partial charge in [0.05, 0.1) is 49.5 Å². The van der Waals surface area contributed by atoms with Crippen LogP contribution in [-0.2, 0) is 9.59 Å². The standard InChI is InChI=1S/C13H25N3O8.3ClH/c17-3-1-2-14-8-11(22)9(15-4-6(18)19)13(24)10(12(8)23)16-5-7(20)21;;;/h8-17,22-24H,1-5H2,(H,18,19)(H,20,21);3*1H/t8-,9-,10-,11+,12-,13+;;;/m1.../s1. The monoisotopic (exact) mass is 459 g/mol. The summed E-state index contributed by atoms with van der Waals surface area (Å²) in [4.78, 5) is 21.4. The molecule has 1 fully saturated rings. The topological polar surface area (TPSA) is 192 Å². The maximum atomic E-state index is 10.7. The Kier molecular flexibility index (Phi) is 17.9. The number of aliphatic hydroxyl groups is 4. The van der Waals surface area contributed by atoms with Gasteiger partial charge in [-0.2, -0.15) is 0 Å². The summed E-state index contributed by atoms with van der Waals surface area (Å²) in [5.74, 6) is -2.39. The number of hydrogen-bond donors (Lipinski definition) is 9. The first-order valence-electron chi connectivity index (χ1n) is 7.58. The fraction of sp³-hybridized carbons (Fsp3) is 0.846. The average Bonchev–Trinajstić information content (AvgIpc) is 2.49. The molecule has 14 heteroatoms. The lowest BCUT2D eigenvalue weighted by molar-refractivity contribution is -0.138. The van der Waals surface area contributed by atoms with Crippen LogP contribution in [0.2, 0.25) is 0 Å². The van der Waals surface area contributed by atoms with Gasteiger partial charge in [0, 0.05) is 6.61 Å². The normalized spacial score (nSPS) is 29.6. The van der Waals surface area contributed by atoms with Crippen molar-refractivity contribution in [2.24, 2.45) is 0 Å². The van der Waals surface area contributed by atoms with Crippen LogP contribution in [0.3, 0.4) is 0 Å². The van der Waals surface area contributed by atoms with Crippen LogP contribution in [0, 0.1) is 0 Å². The number of hydrogen-bond acceptors (Lipinski definition) is 9. The van der Waals surface area contributed by atoms with Crippen LogP contribution in [-0.4, -0.2) is 105 Å². The predicted molar refractivity (Wildman–Crippen MR) is 102 cm³/mol. The van der Waals surface area contributed by atoms with E-state index in [1.54, 1.807) is 0 Å². The van der Waals surface area contributed by atoms with Crippen LogP contribution >= 0.6 is 37.2 Å². The van der Waals surface area contributed by atoms with Gasteiger partial charge in [-0.15, -0.1) is 37.2 Å².